The van der Waals surface area contributed by atoms with Gasteiger partial charge in [0.2, 0.25) is 0 Å². The molecule has 0 spiro atoms. The van der Waals surface area contributed by atoms with Crippen LogP contribution in [0.15, 0.2) is 24.3 Å². The summed E-state index contributed by atoms with van der Waals surface area (Å²) in [5, 5.41) is 3.53. The van der Waals surface area contributed by atoms with Crippen molar-refractivity contribution in [3.8, 4) is 0 Å². The fraction of sp³-hybridized carbons (Fsp3) is 0.579. The van der Waals surface area contributed by atoms with E-state index in [1.54, 1.807) is 12.1 Å². The van der Waals surface area contributed by atoms with Crippen LogP contribution in [0.1, 0.15) is 57.9 Å². The Morgan fingerprint density at radius 3 is 2.29 bits per heavy atom. The van der Waals surface area contributed by atoms with Crippen LogP contribution in [-0.2, 0) is 19.7 Å². The molecule has 0 aromatic heterocycles. The van der Waals surface area contributed by atoms with Crippen LogP contribution in [0.5, 0.6) is 0 Å². The molecule has 1 saturated carbocycles. The first-order chi connectivity index (χ1) is 11.5. The number of benzene rings is 1. The highest BCUT2D eigenvalue weighted by atomic mass is 35.5. The average Bonchev–Trinajstić information content (AvgIpc) is 3.09. The van der Waals surface area contributed by atoms with Crippen LogP contribution < -0.4 is 5.32 Å². The number of nitrogens with one attached hydrogen (secondary N) is 1. The van der Waals surface area contributed by atoms with Gasteiger partial charge in [0.05, 0.1) is 5.41 Å². The molecule has 0 aliphatic heterocycles. The molecule has 1 aromatic carbocycles. The number of halogens is 1. The third kappa shape index (κ3) is 4.29. The maximum absolute atomic E-state index is 12.7. The lowest BCUT2D eigenvalue weighted by atomic mass is 9.79. The molecule has 2 rings (SSSR count). The van der Waals surface area contributed by atoms with E-state index in [4.69, 9.17) is 16.3 Å². The lowest BCUT2D eigenvalue weighted by Crippen LogP contribution is -2.40. The van der Waals surface area contributed by atoms with Gasteiger partial charge in [-0.05, 0) is 43.4 Å². The van der Waals surface area contributed by atoms with Crippen molar-refractivity contribution in [2.75, 3.05) is 6.61 Å². The minimum atomic E-state index is -0.639. The van der Waals surface area contributed by atoms with Gasteiger partial charge in [-0.2, -0.15) is 0 Å². The van der Waals surface area contributed by atoms with Gasteiger partial charge < -0.3 is 10.1 Å². The predicted molar refractivity (Wildman–Crippen MR) is 95.1 cm³/mol. The number of carbonyl (C=O) groups excluding carboxylic acids is 2. The molecule has 0 radical (unpaired) electrons. The van der Waals surface area contributed by atoms with Gasteiger partial charge in [0.25, 0.3) is 5.91 Å². The lowest BCUT2D eigenvalue weighted by Gasteiger charge is -2.27. The van der Waals surface area contributed by atoms with Gasteiger partial charge in [-0.25, -0.2) is 0 Å². The fourth-order valence-corrected chi connectivity index (χ4v) is 3.52. The van der Waals surface area contributed by atoms with Crippen molar-refractivity contribution in [2.24, 2.45) is 0 Å². The van der Waals surface area contributed by atoms with Crippen molar-refractivity contribution in [3.05, 3.63) is 34.9 Å². The first kappa shape index (κ1) is 18.8. The molecular weight excluding hydrogens is 326 g/mol. The number of hydrogen-bond acceptors (Lipinski definition) is 3. The zero-order chi connectivity index (χ0) is 17.6. The second kappa shape index (κ2) is 8.52. The van der Waals surface area contributed by atoms with E-state index >= 15 is 0 Å². The first-order valence-electron chi connectivity index (χ1n) is 8.74. The number of amides is 1. The van der Waals surface area contributed by atoms with E-state index in [2.05, 4.69) is 5.32 Å². The SMILES string of the molecule is CCC(CC)NC(=O)COC(=O)C1(c2ccc(Cl)cc2)CCCC1. The summed E-state index contributed by atoms with van der Waals surface area (Å²) in [6, 6.07) is 7.50. The summed E-state index contributed by atoms with van der Waals surface area (Å²) in [6.07, 6.45) is 5.20. The van der Waals surface area contributed by atoms with Crippen LogP contribution in [0.4, 0.5) is 0 Å². The average molecular weight is 352 g/mol. The maximum atomic E-state index is 12.7. The highest BCUT2D eigenvalue weighted by molar-refractivity contribution is 6.30. The van der Waals surface area contributed by atoms with Crippen molar-refractivity contribution < 1.29 is 14.3 Å². The number of esters is 1. The Hall–Kier alpha value is -1.55. The Kier molecular flexibility index (Phi) is 6.67. The first-order valence-corrected chi connectivity index (χ1v) is 9.12. The molecule has 1 N–H and O–H groups in total. The van der Waals surface area contributed by atoms with Crippen molar-refractivity contribution in [1.82, 2.24) is 5.32 Å². The molecule has 1 fully saturated rings. The zero-order valence-electron chi connectivity index (χ0n) is 14.4. The van der Waals surface area contributed by atoms with Crippen LogP contribution >= 0.6 is 11.6 Å². The van der Waals surface area contributed by atoms with Gasteiger partial charge in [0.15, 0.2) is 6.61 Å². The van der Waals surface area contributed by atoms with Crippen LogP contribution in [0.3, 0.4) is 0 Å². The molecule has 1 aromatic rings. The van der Waals surface area contributed by atoms with Gasteiger partial charge >= 0.3 is 5.97 Å². The second-order valence-electron chi connectivity index (χ2n) is 6.45. The smallest absolute Gasteiger partial charge is 0.317 e. The molecule has 0 atom stereocenters. The predicted octanol–water partition coefficient (Wildman–Crippen LogP) is 4.00. The highest BCUT2D eigenvalue weighted by Crippen LogP contribution is 2.42. The van der Waals surface area contributed by atoms with Gasteiger partial charge in [-0.3, -0.25) is 9.59 Å². The van der Waals surface area contributed by atoms with Gasteiger partial charge in [0, 0.05) is 11.1 Å². The normalized spacial score (nSPS) is 16.2. The summed E-state index contributed by atoms with van der Waals surface area (Å²) in [5.74, 6) is -0.539. The number of hydrogen-bond donors (Lipinski definition) is 1. The van der Waals surface area contributed by atoms with Crippen LogP contribution in [0.2, 0.25) is 5.02 Å². The van der Waals surface area contributed by atoms with Crippen molar-refractivity contribution in [3.63, 3.8) is 0 Å². The van der Waals surface area contributed by atoms with Crippen LogP contribution in [0, 0.1) is 0 Å². The van der Waals surface area contributed by atoms with Gasteiger partial charge in [0.1, 0.15) is 0 Å². The molecular formula is C19H26ClNO3. The quantitative estimate of drug-likeness (QED) is 0.755. The van der Waals surface area contributed by atoms with E-state index in [0.29, 0.717) is 5.02 Å². The van der Waals surface area contributed by atoms with Crippen molar-refractivity contribution in [1.29, 1.82) is 0 Å². The minimum Gasteiger partial charge on any atom is -0.455 e. The maximum Gasteiger partial charge on any atom is 0.317 e. The molecule has 0 saturated heterocycles. The summed E-state index contributed by atoms with van der Waals surface area (Å²) in [4.78, 5) is 24.7. The number of ether oxygens (including phenoxy) is 1. The molecule has 1 aliphatic rings. The summed E-state index contributed by atoms with van der Waals surface area (Å²) in [5.41, 5.74) is 0.287. The number of rotatable bonds is 7. The van der Waals surface area contributed by atoms with E-state index in [1.165, 1.54) is 0 Å². The van der Waals surface area contributed by atoms with Gasteiger partial charge in [-0.15, -0.1) is 0 Å². The Labute approximate surface area is 148 Å². The van der Waals surface area contributed by atoms with E-state index in [-0.39, 0.29) is 24.5 Å². The zero-order valence-corrected chi connectivity index (χ0v) is 15.2. The molecule has 1 amide bonds. The van der Waals surface area contributed by atoms with E-state index in [1.807, 2.05) is 26.0 Å². The third-order valence-electron chi connectivity index (χ3n) is 4.93. The molecule has 1 aliphatic carbocycles. The van der Waals surface area contributed by atoms with E-state index in [9.17, 15) is 9.59 Å². The van der Waals surface area contributed by atoms with Crippen molar-refractivity contribution >= 4 is 23.5 Å². The molecule has 24 heavy (non-hydrogen) atoms. The lowest BCUT2D eigenvalue weighted by molar-refractivity contribution is -0.154. The second-order valence-corrected chi connectivity index (χ2v) is 6.89. The molecule has 4 nitrogen and oxygen atoms in total. The van der Waals surface area contributed by atoms with E-state index in [0.717, 1.165) is 44.1 Å². The summed E-state index contributed by atoms with van der Waals surface area (Å²) in [6.45, 7) is 3.83. The highest BCUT2D eigenvalue weighted by Gasteiger charge is 2.44. The molecule has 0 heterocycles. The summed E-state index contributed by atoms with van der Waals surface area (Å²) >= 11 is 5.95. The molecule has 0 bridgehead atoms. The Morgan fingerprint density at radius 2 is 1.75 bits per heavy atom. The van der Waals surface area contributed by atoms with Gasteiger partial charge in [-0.1, -0.05) is 50.4 Å². The standard InChI is InChI=1S/C19H26ClNO3/c1-3-16(4-2)21-17(22)13-24-18(23)19(11-5-6-12-19)14-7-9-15(20)10-8-14/h7-10,16H,3-6,11-13H2,1-2H3,(H,21,22). The third-order valence-corrected chi connectivity index (χ3v) is 5.18. The molecule has 132 valence electrons. The summed E-state index contributed by atoms with van der Waals surface area (Å²) < 4.78 is 5.38. The molecule has 5 heteroatoms. The monoisotopic (exact) mass is 351 g/mol. The Morgan fingerprint density at radius 1 is 1.17 bits per heavy atom. The number of carbonyl (C=O) groups is 2. The van der Waals surface area contributed by atoms with Crippen LogP contribution in [0.25, 0.3) is 0 Å². The Bertz CT molecular complexity index is 560. The topological polar surface area (TPSA) is 55.4 Å². The van der Waals surface area contributed by atoms with Crippen molar-refractivity contribution in [2.45, 2.75) is 63.8 Å². The van der Waals surface area contributed by atoms with E-state index < -0.39 is 5.41 Å². The summed E-state index contributed by atoms with van der Waals surface area (Å²) in [7, 11) is 0. The fourth-order valence-electron chi connectivity index (χ4n) is 3.39. The minimum absolute atomic E-state index is 0.132. The molecule has 0 unspecified atom stereocenters. The van der Waals surface area contributed by atoms with Crippen LogP contribution in [-0.4, -0.2) is 24.5 Å². The Balaban J connectivity index is 2.02. The largest absolute Gasteiger partial charge is 0.455 e.